The summed E-state index contributed by atoms with van der Waals surface area (Å²) in [5.74, 6) is 0.655. The van der Waals surface area contributed by atoms with Gasteiger partial charge in [-0.2, -0.15) is 0 Å². The Bertz CT molecular complexity index is 107. The van der Waals surface area contributed by atoms with E-state index in [9.17, 15) is 4.79 Å². The fourth-order valence-electron chi connectivity index (χ4n) is 0.792. The van der Waals surface area contributed by atoms with Crippen molar-refractivity contribution in [3.8, 4) is 0 Å². The van der Waals surface area contributed by atoms with Gasteiger partial charge in [0, 0.05) is 12.4 Å². The van der Waals surface area contributed by atoms with Gasteiger partial charge in [0.25, 0.3) is 0 Å². The fraction of sp³-hybridized carbons (Fsp3) is 0.800. The zero-order valence-corrected chi connectivity index (χ0v) is 6.47. The van der Waals surface area contributed by atoms with Crippen LogP contribution < -0.4 is 5.32 Å². The monoisotopic (exact) mass is 169 g/mol. The molecular weight excluding hydrogens is 161 g/mol. The van der Waals surface area contributed by atoms with Crippen molar-refractivity contribution in [3.05, 3.63) is 0 Å². The van der Waals surface area contributed by atoms with Crippen LogP contribution in [0.1, 0.15) is 6.42 Å². The van der Waals surface area contributed by atoms with Crippen LogP contribution in [0.2, 0.25) is 0 Å². The van der Waals surface area contributed by atoms with Crippen LogP contribution in [-0.2, 0) is 4.79 Å². The summed E-state index contributed by atoms with van der Waals surface area (Å²) in [4.78, 5) is 10.6. The molecule has 0 radical (unpaired) electrons. The fourth-order valence-corrected chi connectivity index (χ4v) is 1.09. The molecule has 1 saturated heterocycles. The van der Waals surface area contributed by atoms with Crippen LogP contribution >= 0.6 is 24.0 Å². The van der Waals surface area contributed by atoms with Crippen molar-refractivity contribution < 1.29 is 4.79 Å². The van der Waals surface area contributed by atoms with Crippen LogP contribution in [0.4, 0.5) is 0 Å². The molecule has 0 aromatic rings. The quantitative estimate of drug-likeness (QED) is 0.579. The number of carbonyl (C=O) groups is 1. The number of rotatable bonds is 1. The summed E-state index contributed by atoms with van der Waals surface area (Å²) in [5.41, 5.74) is 0. The van der Waals surface area contributed by atoms with Gasteiger partial charge in [-0.05, 0) is 6.42 Å². The topological polar surface area (TPSA) is 29.1 Å². The second-order valence-corrected chi connectivity index (χ2v) is 2.24. The molecule has 54 valence electrons. The molecule has 9 heavy (non-hydrogen) atoms. The third-order valence-electron chi connectivity index (χ3n) is 1.35. The minimum atomic E-state index is 0. The number of halogens is 2. The molecule has 0 aromatic carbocycles. The highest BCUT2D eigenvalue weighted by atomic mass is 35.5. The lowest BCUT2D eigenvalue weighted by molar-refractivity contribution is -0.121. The summed E-state index contributed by atoms with van der Waals surface area (Å²) in [6.07, 6.45) is 0.905. The van der Waals surface area contributed by atoms with E-state index in [1.807, 2.05) is 0 Å². The van der Waals surface area contributed by atoms with Crippen molar-refractivity contribution in [1.29, 1.82) is 0 Å². The zero-order valence-electron chi connectivity index (χ0n) is 4.89. The highest BCUT2D eigenvalue weighted by Crippen LogP contribution is 2.09. The average molecular weight is 170 g/mol. The molecule has 4 heteroatoms. The molecule has 0 aliphatic carbocycles. The van der Waals surface area contributed by atoms with Crippen LogP contribution in [0.3, 0.4) is 0 Å². The molecular formula is C5H9Cl2NO. The van der Waals surface area contributed by atoms with E-state index < -0.39 is 0 Å². The molecule has 1 heterocycles. The maximum absolute atomic E-state index is 10.6. The standard InChI is InChI=1S/C5H8ClNO.ClH/c6-3-4-1-2-7-5(4)8;/h4H,1-3H2,(H,7,8);1H/t4-;/m0./s1. The van der Waals surface area contributed by atoms with Gasteiger partial charge in [0.15, 0.2) is 0 Å². The number of amides is 1. The molecule has 1 N–H and O–H groups in total. The van der Waals surface area contributed by atoms with Gasteiger partial charge in [-0.25, -0.2) is 0 Å². The third kappa shape index (κ3) is 2.03. The Morgan fingerprint density at radius 1 is 1.78 bits per heavy atom. The first-order valence-electron chi connectivity index (χ1n) is 2.68. The lowest BCUT2D eigenvalue weighted by atomic mass is 10.1. The van der Waals surface area contributed by atoms with Crippen LogP contribution in [-0.4, -0.2) is 18.3 Å². The van der Waals surface area contributed by atoms with E-state index in [1.54, 1.807) is 0 Å². The summed E-state index contributed by atoms with van der Waals surface area (Å²) >= 11 is 5.44. The van der Waals surface area contributed by atoms with Gasteiger partial charge < -0.3 is 5.32 Å². The van der Waals surface area contributed by atoms with E-state index >= 15 is 0 Å². The van der Waals surface area contributed by atoms with Crippen molar-refractivity contribution in [2.75, 3.05) is 12.4 Å². The molecule has 1 amide bonds. The van der Waals surface area contributed by atoms with Crippen LogP contribution in [0.25, 0.3) is 0 Å². The Kier molecular flexibility index (Phi) is 3.98. The Balaban J connectivity index is 0.000000640. The summed E-state index contributed by atoms with van der Waals surface area (Å²) < 4.78 is 0. The normalized spacial score (nSPS) is 25.0. The Labute approximate surface area is 65.4 Å². The SMILES string of the molecule is Cl.O=C1NCC[C@H]1CCl. The van der Waals surface area contributed by atoms with Gasteiger partial charge in [-0.15, -0.1) is 24.0 Å². The maximum Gasteiger partial charge on any atom is 0.224 e. The Morgan fingerprint density at radius 3 is 2.67 bits per heavy atom. The zero-order chi connectivity index (χ0) is 5.98. The predicted molar refractivity (Wildman–Crippen MR) is 39.1 cm³/mol. The molecule has 1 rings (SSSR count). The van der Waals surface area contributed by atoms with Crippen molar-refractivity contribution in [1.82, 2.24) is 5.32 Å². The third-order valence-corrected chi connectivity index (χ3v) is 1.72. The first kappa shape index (κ1) is 9.05. The second-order valence-electron chi connectivity index (χ2n) is 1.93. The van der Waals surface area contributed by atoms with Crippen molar-refractivity contribution in [2.24, 2.45) is 5.92 Å². The molecule has 0 spiro atoms. The van der Waals surface area contributed by atoms with E-state index in [1.165, 1.54) is 0 Å². The molecule has 0 saturated carbocycles. The van der Waals surface area contributed by atoms with Crippen LogP contribution in [0.5, 0.6) is 0 Å². The average Bonchev–Trinajstić information content (AvgIpc) is 2.14. The summed E-state index contributed by atoms with van der Waals surface area (Å²) in [5, 5.41) is 2.70. The number of hydrogen-bond donors (Lipinski definition) is 1. The number of hydrogen-bond acceptors (Lipinski definition) is 1. The molecule has 1 fully saturated rings. The number of carbonyl (C=O) groups excluding carboxylic acids is 1. The van der Waals surface area contributed by atoms with Crippen molar-refractivity contribution in [3.63, 3.8) is 0 Å². The van der Waals surface area contributed by atoms with Crippen LogP contribution in [0.15, 0.2) is 0 Å². The minimum Gasteiger partial charge on any atom is -0.356 e. The lowest BCUT2D eigenvalue weighted by Gasteiger charge is -1.95. The van der Waals surface area contributed by atoms with Gasteiger partial charge in [-0.3, -0.25) is 4.79 Å². The molecule has 0 bridgehead atoms. The highest BCUT2D eigenvalue weighted by Gasteiger charge is 2.21. The number of nitrogens with one attached hydrogen (secondary N) is 1. The second kappa shape index (κ2) is 3.96. The summed E-state index contributed by atoms with van der Waals surface area (Å²) in [6.45, 7) is 0.802. The first-order chi connectivity index (χ1) is 3.84. The van der Waals surface area contributed by atoms with Gasteiger partial charge in [0.1, 0.15) is 0 Å². The largest absolute Gasteiger partial charge is 0.356 e. The van der Waals surface area contributed by atoms with E-state index in [0.29, 0.717) is 5.88 Å². The molecule has 1 aliphatic heterocycles. The smallest absolute Gasteiger partial charge is 0.224 e. The van der Waals surface area contributed by atoms with Crippen molar-refractivity contribution >= 4 is 29.9 Å². The van der Waals surface area contributed by atoms with Gasteiger partial charge in [0.05, 0.1) is 5.92 Å². The molecule has 0 aromatic heterocycles. The molecule has 1 aliphatic rings. The molecule has 1 atom stereocenters. The molecule has 2 nitrogen and oxygen atoms in total. The summed E-state index contributed by atoms with van der Waals surface area (Å²) in [7, 11) is 0. The van der Waals surface area contributed by atoms with Gasteiger partial charge in [0.2, 0.25) is 5.91 Å². The maximum atomic E-state index is 10.6. The lowest BCUT2D eigenvalue weighted by Crippen LogP contribution is -2.19. The van der Waals surface area contributed by atoms with E-state index in [0.717, 1.165) is 13.0 Å². The van der Waals surface area contributed by atoms with E-state index in [4.69, 9.17) is 11.6 Å². The van der Waals surface area contributed by atoms with E-state index in [2.05, 4.69) is 5.32 Å². The van der Waals surface area contributed by atoms with Gasteiger partial charge >= 0.3 is 0 Å². The highest BCUT2D eigenvalue weighted by molar-refractivity contribution is 6.19. The number of alkyl halides is 1. The minimum absolute atomic E-state index is 0. The molecule has 0 unspecified atom stereocenters. The van der Waals surface area contributed by atoms with E-state index in [-0.39, 0.29) is 24.2 Å². The first-order valence-corrected chi connectivity index (χ1v) is 3.21. The van der Waals surface area contributed by atoms with Crippen molar-refractivity contribution in [2.45, 2.75) is 6.42 Å². The van der Waals surface area contributed by atoms with Gasteiger partial charge in [-0.1, -0.05) is 0 Å². The Hall–Kier alpha value is 0.0500. The summed E-state index contributed by atoms with van der Waals surface area (Å²) in [6, 6.07) is 0. The van der Waals surface area contributed by atoms with Crippen LogP contribution in [0, 0.1) is 5.92 Å². The predicted octanol–water partition coefficient (Wildman–Crippen LogP) is 0.783. The Morgan fingerprint density at radius 2 is 2.44 bits per heavy atom.